The molecule has 1 fully saturated rings. The second-order valence-electron chi connectivity index (χ2n) is 5.77. The maximum atomic E-state index is 12.6. The van der Waals surface area contributed by atoms with Gasteiger partial charge in [-0.15, -0.1) is 0 Å². The Bertz CT molecular complexity index is 801. The molecule has 0 radical (unpaired) electrons. The molecule has 1 aromatic carbocycles. The van der Waals surface area contributed by atoms with Gasteiger partial charge >= 0.3 is 5.97 Å². The normalized spacial score (nSPS) is 17.4. The Morgan fingerprint density at radius 1 is 1.36 bits per heavy atom. The van der Waals surface area contributed by atoms with E-state index in [0.717, 1.165) is 11.3 Å². The van der Waals surface area contributed by atoms with Gasteiger partial charge in [-0.05, 0) is 30.7 Å². The summed E-state index contributed by atoms with van der Waals surface area (Å²) in [6.07, 6.45) is 0.677. The molecule has 132 valence electrons. The number of hydrogen-bond acceptors (Lipinski definition) is 5. The van der Waals surface area contributed by atoms with E-state index in [1.54, 1.807) is 24.1 Å². The van der Waals surface area contributed by atoms with Gasteiger partial charge in [0.15, 0.2) is 11.8 Å². The van der Waals surface area contributed by atoms with Crippen molar-refractivity contribution >= 4 is 11.9 Å². The van der Waals surface area contributed by atoms with Crippen LogP contribution in [0.3, 0.4) is 0 Å². The zero-order valence-corrected chi connectivity index (χ0v) is 14.0. The SMILES string of the molecule is COc1ccc(C)cc1-n1ccc(C(=O)N2CCOC(C(=O)O)C2)n1. The fraction of sp³-hybridized carbons (Fsp3) is 0.353. The number of methoxy groups -OCH3 is 1. The molecule has 1 aliphatic rings. The molecule has 0 bridgehead atoms. The minimum atomic E-state index is -1.08. The lowest BCUT2D eigenvalue weighted by molar-refractivity contribution is -0.154. The van der Waals surface area contributed by atoms with Crippen LogP contribution >= 0.6 is 0 Å². The minimum Gasteiger partial charge on any atom is -0.494 e. The Morgan fingerprint density at radius 2 is 2.16 bits per heavy atom. The number of carboxylic acid groups (broad SMARTS) is 1. The molecule has 8 nitrogen and oxygen atoms in total. The molecule has 1 amide bonds. The van der Waals surface area contributed by atoms with Gasteiger partial charge in [0.25, 0.3) is 5.91 Å². The molecule has 1 atom stereocenters. The topological polar surface area (TPSA) is 93.9 Å². The number of amides is 1. The van der Waals surface area contributed by atoms with E-state index in [1.807, 2.05) is 25.1 Å². The maximum absolute atomic E-state index is 12.6. The molecule has 1 saturated heterocycles. The fourth-order valence-electron chi connectivity index (χ4n) is 2.70. The molecule has 0 saturated carbocycles. The quantitative estimate of drug-likeness (QED) is 0.892. The van der Waals surface area contributed by atoms with Crippen molar-refractivity contribution in [1.29, 1.82) is 0 Å². The number of rotatable bonds is 4. The number of benzene rings is 1. The van der Waals surface area contributed by atoms with E-state index < -0.39 is 12.1 Å². The van der Waals surface area contributed by atoms with Crippen molar-refractivity contribution in [1.82, 2.24) is 14.7 Å². The van der Waals surface area contributed by atoms with E-state index in [2.05, 4.69) is 5.10 Å². The summed E-state index contributed by atoms with van der Waals surface area (Å²) >= 11 is 0. The first kappa shape index (κ1) is 17.0. The number of hydrogen-bond donors (Lipinski definition) is 1. The molecule has 2 aromatic rings. The van der Waals surface area contributed by atoms with Gasteiger partial charge in [-0.1, -0.05) is 6.07 Å². The monoisotopic (exact) mass is 345 g/mol. The van der Waals surface area contributed by atoms with E-state index in [1.165, 1.54) is 4.90 Å². The highest BCUT2D eigenvalue weighted by atomic mass is 16.5. The lowest BCUT2D eigenvalue weighted by Crippen LogP contribution is -2.48. The number of aliphatic carboxylic acids is 1. The standard InChI is InChI=1S/C17H19N3O5/c1-11-3-4-14(24-2)13(9-11)20-6-5-12(18-20)16(21)19-7-8-25-15(10-19)17(22)23/h3-6,9,15H,7-8,10H2,1-2H3,(H,22,23). The van der Waals surface area contributed by atoms with Gasteiger partial charge in [0.05, 0.1) is 20.3 Å². The van der Waals surface area contributed by atoms with E-state index in [4.69, 9.17) is 14.6 Å². The van der Waals surface area contributed by atoms with Crippen LogP contribution in [0.25, 0.3) is 5.69 Å². The summed E-state index contributed by atoms with van der Waals surface area (Å²) < 4.78 is 12.1. The van der Waals surface area contributed by atoms with Gasteiger partial charge in [-0.2, -0.15) is 5.10 Å². The largest absolute Gasteiger partial charge is 0.494 e. The molecule has 0 spiro atoms. The van der Waals surface area contributed by atoms with Gasteiger partial charge in [-0.3, -0.25) is 4.79 Å². The first-order valence-corrected chi connectivity index (χ1v) is 7.84. The van der Waals surface area contributed by atoms with Crippen LogP contribution in [0.4, 0.5) is 0 Å². The number of aromatic nitrogens is 2. The summed E-state index contributed by atoms with van der Waals surface area (Å²) in [7, 11) is 1.57. The highest BCUT2D eigenvalue weighted by Gasteiger charge is 2.30. The highest BCUT2D eigenvalue weighted by molar-refractivity contribution is 5.92. The number of ether oxygens (including phenoxy) is 2. The molecule has 3 rings (SSSR count). The molecule has 1 aliphatic heterocycles. The summed E-state index contributed by atoms with van der Waals surface area (Å²) in [5.41, 5.74) is 2.01. The number of carbonyl (C=O) groups excluding carboxylic acids is 1. The lowest BCUT2D eigenvalue weighted by atomic mass is 10.2. The predicted molar refractivity (Wildman–Crippen MR) is 88.1 cm³/mol. The second-order valence-corrected chi connectivity index (χ2v) is 5.77. The number of morpholine rings is 1. The van der Waals surface area contributed by atoms with Crippen LogP contribution in [0.5, 0.6) is 5.75 Å². The average Bonchev–Trinajstić information content (AvgIpc) is 3.11. The van der Waals surface area contributed by atoms with Crippen LogP contribution in [0, 0.1) is 6.92 Å². The van der Waals surface area contributed by atoms with Crippen LogP contribution in [0.1, 0.15) is 16.1 Å². The molecule has 1 unspecified atom stereocenters. The Kier molecular flexibility index (Phi) is 4.71. The van der Waals surface area contributed by atoms with Crippen molar-refractivity contribution in [2.45, 2.75) is 13.0 Å². The van der Waals surface area contributed by atoms with Gasteiger partial charge in [0.2, 0.25) is 0 Å². The first-order chi connectivity index (χ1) is 12.0. The molecule has 2 heterocycles. The summed E-state index contributed by atoms with van der Waals surface area (Å²) in [4.78, 5) is 25.1. The van der Waals surface area contributed by atoms with Gasteiger partial charge in [0, 0.05) is 12.7 Å². The van der Waals surface area contributed by atoms with E-state index in [-0.39, 0.29) is 24.8 Å². The number of carbonyl (C=O) groups is 2. The average molecular weight is 345 g/mol. The molecular formula is C17H19N3O5. The van der Waals surface area contributed by atoms with Gasteiger partial charge in [-0.25, -0.2) is 9.48 Å². The summed E-state index contributed by atoms with van der Waals surface area (Å²) in [5.74, 6) is -0.752. The zero-order valence-electron chi connectivity index (χ0n) is 14.0. The Morgan fingerprint density at radius 3 is 2.88 bits per heavy atom. The predicted octanol–water partition coefficient (Wildman–Crippen LogP) is 1.11. The van der Waals surface area contributed by atoms with Crippen LogP contribution in [0.15, 0.2) is 30.5 Å². The maximum Gasteiger partial charge on any atom is 0.334 e. The lowest BCUT2D eigenvalue weighted by Gasteiger charge is -2.30. The van der Waals surface area contributed by atoms with Crippen molar-refractivity contribution in [2.24, 2.45) is 0 Å². The van der Waals surface area contributed by atoms with Crippen molar-refractivity contribution in [2.75, 3.05) is 26.8 Å². The van der Waals surface area contributed by atoms with Gasteiger partial charge in [0.1, 0.15) is 11.4 Å². The molecular weight excluding hydrogens is 326 g/mol. The van der Waals surface area contributed by atoms with Crippen LogP contribution in [0.2, 0.25) is 0 Å². The fourth-order valence-corrected chi connectivity index (χ4v) is 2.70. The number of aryl methyl sites for hydroxylation is 1. The molecule has 1 aromatic heterocycles. The smallest absolute Gasteiger partial charge is 0.334 e. The Labute approximate surface area is 144 Å². The molecule has 0 aliphatic carbocycles. The third-order valence-electron chi connectivity index (χ3n) is 4.02. The van der Waals surface area contributed by atoms with Crippen molar-refractivity contribution in [3.8, 4) is 11.4 Å². The number of nitrogens with zero attached hydrogens (tertiary/aromatic N) is 3. The second kappa shape index (κ2) is 6.94. The Hall–Kier alpha value is -2.87. The van der Waals surface area contributed by atoms with E-state index in [0.29, 0.717) is 12.3 Å². The zero-order chi connectivity index (χ0) is 18.0. The summed E-state index contributed by atoms with van der Waals surface area (Å²) in [6.45, 7) is 2.49. The molecule has 25 heavy (non-hydrogen) atoms. The summed E-state index contributed by atoms with van der Waals surface area (Å²) in [6, 6.07) is 7.29. The van der Waals surface area contributed by atoms with Crippen molar-refractivity contribution < 1.29 is 24.2 Å². The van der Waals surface area contributed by atoms with Gasteiger partial charge < -0.3 is 19.5 Å². The minimum absolute atomic E-state index is 0.00872. The molecule has 1 N–H and O–H groups in total. The van der Waals surface area contributed by atoms with E-state index >= 15 is 0 Å². The third-order valence-corrected chi connectivity index (χ3v) is 4.02. The van der Waals surface area contributed by atoms with E-state index in [9.17, 15) is 9.59 Å². The van der Waals surface area contributed by atoms with Crippen LogP contribution < -0.4 is 4.74 Å². The molecule has 8 heteroatoms. The number of carboxylic acids is 1. The van der Waals surface area contributed by atoms with Crippen molar-refractivity contribution in [3.05, 3.63) is 41.7 Å². The Balaban J connectivity index is 1.83. The van der Waals surface area contributed by atoms with Crippen LogP contribution in [-0.2, 0) is 9.53 Å². The first-order valence-electron chi connectivity index (χ1n) is 7.84. The van der Waals surface area contributed by atoms with Crippen LogP contribution in [-0.4, -0.2) is 64.6 Å². The highest BCUT2D eigenvalue weighted by Crippen LogP contribution is 2.23. The summed E-state index contributed by atoms with van der Waals surface area (Å²) in [5, 5.41) is 13.4. The van der Waals surface area contributed by atoms with Crippen molar-refractivity contribution in [3.63, 3.8) is 0 Å². The third kappa shape index (κ3) is 3.48.